The minimum Gasteiger partial charge on any atom is -0.455 e. The standard InChI is InChI=1S/C58H36O/c1-3-15-38(16-4-1)44-25-13-27-51-52-28-14-26-45(58(52)59-57(44)51)39-31-29-37(30-32-39)41-33-34-46-53(35-41)43-20-8-7-19-42(43)36-54(46)56-49-23-11-9-21-47(49)55(40-17-5-2-6-18-40)48-22-10-12-24-50(48)56/h1-36H/i1D,2D,3D,4D,5D,6D,15D,16D,17D,18D. The number of benzene rings is 11. The molecule has 11 aromatic carbocycles. The zero-order valence-corrected chi connectivity index (χ0v) is 31.4. The van der Waals surface area contributed by atoms with Crippen LogP contribution in [-0.4, -0.2) is 0 Å². The Bertz CT molecular complexity index is 4080. The SMILES string of the molecule is [2H]c1c([2H])c([2H])c(-c2c3ccccc3c(-c3cc4ccccc4c4cc(-c5ccc(-c6cccc7c6oc6c(-c8c([2H])c([2H])c([2H])c([2H])c8[2H])cccc67)cc5)ccc34)c3ccccc23)c([2H])c1[2H]. The molecule has 1 aromatic heterocycles. The van der Waals surface area contributed by atoms with Crippen molar-refractivity contribution in [1.29, 1.82) is 0 Å². The van der Waals surface area contributed by atoms with Crippen molar-refractivity contribution >= 4 is 65.0 Å². The van der Waals surface area contributed by atoms with E-state index in [0.29, 0.717) is 22.3 Å². The van der Waals surface area contributed by atoms with Gasteiger partial charge in [-0.3, -0.25) is 0 Å². The van der Waals surface area contributed by atoms with Crippen LogP contribution in [0.1, 0.15) is 13.7 Å². The van der Waals surface area contributed by atoms with Crippen LogP contribution < -0.4 is 0 Å². The van der Waals surface area contributed by atoms with Crippen LogP contribution in [0.3, 0.4) is 0 Å². The van der Waals surface area contributed by atoms with Gasteiger partial charge in [0.2, 0.25) is 0 Å². The lowest BCUT2D eigenvalue weighted by Crippen LogP contribution is -1.92. The van der Waals surface area contributed by atoms with E-state index in [1.165, 1.54) is 0 Å². The van der Waals surface area contributed by atoms with E-state index < -0.39 is 24.2 Å². The van der Waals surface area contributed by atoms with Crippen LogP contribution in [0.2, 0.25) is 0 Å². The molecule has 1 nitrogen and oxygen atoms in total. The monoisotopic (exact) mass is 758 g/mol. The fourth-order valence-electron chi connectivity index (χ4n) is 9.02. The van der Waals surface area contributed by atoms with Crippen LogP contribution in [0, 0.1) is 0 Å². The highest BCUT2D eigenvalue weighted by Gasteiger charge is 2.20. The minimum absolute atomic E-state index is 0.0959. The van der Waals surface area contributed by atoms with Crippen LogP contribution in [0.15, 0.2) is 223 Å². The molecule has 12 aromatic rings. The lowest BCUT2D eigenvalue weighted by molar-refractivity contribution is 0.671. The van der Waals surface area contributed by atoms with Gasteiger partial charge in [0.25, 0.3) is 0 Å². The molecule has 0 spiro atoms. The number of hydrogen-bond acceptors (Lipinski definition) is 1. The van der Waals surface area contributed by atoms with Crippen LogP contribution in [0.5, 0.6) is 0 Å². The molecule has 0 radical (unpaired) electrons. The van der Waals surface area contributed by atoms with Crippen molar-refractivity contribution in [3.05, 3.63) is 218 Å². The van der Waals surface area contributed by atoms with Gasteiger partial charge in [-0.05, 0) is 99.7 Å². The molecule has 0 aliphatic rings. The van der Waals surface area contributed by atoms with E-state index in [1.54, 1.807) is 6.07 Å². The van der Waals surface area contributed by atoms with Crippen molar-refractivity contribution in [2.24, 2.45) is 0 Å². The van der Waals surface area contributed by atoms with Gasteiger partial charge < -0.3 is 4.42 Å². The van der Waals surface area contributed by atoms with Gasteiger partial charge in [-0.1, -0.05) is 206 Å². The summed E-state index contributed by atoms with van der Waals surface area (Å²) in [6.07, 6.45) is 0. The second-order valence-corrected chi connectivity index (χ2v) is 14.8. The average molecular weight is 759 g/mol. The number of hydrogen-bond donors (Lipinski definition) is 0. The lowest BCUT2D eigenvalue weighted by Gasteiger charge is -2.20. The summed E-state index contributed by atoms with van der Waals surface area (Å²) in [5, 5.41) is 9.27. The predicted octanol–water partition coefficient (Wildman–Crippen LogP) is 16.5. The van der Waals surface area contributed by atoms with Gasteiger partial charge in [0.1, 0.15) is 11.2 Å². The summed E-state index contributed by atoms with van der Waals surface area (Å²) in [5.74, 6) is 0. The first-order valence-electron chi connectivity index (χ1n) is 24.5. The molecule has 0 unspecified atom stereocenters. The Balaban J connectivity index is 1.01. The summed E-state index contributed by atoms with van der Waals surface area (Å²) in [7, 11) is 0. The van der Waals surface area contributed by atoms with Gasteiger partial charge >= 0.3 is 0 Å². The van der Waals surface area contributed by atoms with E-state index in [1.807, 2.05) is 72.8 Å². The molecule has 0 saturated carbocycles. The molecule has 274 valence electrons. The smallest absolute Gasteiger partial charge is 0.143 e. The van der Waals surface area contributed by atoms with E-state index in [2.05, 4.69) is 78.9 Å². The summed E-state index contributed by atoms with van der Waals surface area (Å²) < 4.78 is 92.1. The number of rotatable bonds is 5. The Kier molecular flexibility index (Phi) is 5.65. The molecule has 0 bridgehead atoms. The zero-order valence-electron chi connectivity index (χ0n) is 41.4. The van der Waals surface area contributed by atoms with Crippen LogP contribution in [-0.2, 0) is 0 Å². The first kappa shape index (κ1) is 24.8. The lowest BCUT2D eigenvalue weighted by atomic mass is 9.83. The fourth-order valence-corrected chi connectivity index (χ4v) is 9.02. The third-order valence-electron chi connectivity index (χ3n) is 11.6. The molecule has 0 amide bonds. The molecule has 59 heavy (non-hydrogen) atoms. The molecule has 0 saturated heterocycles. The first-order chi connectivity index (χ1) is 33.4. The first-order valence-corrected chi connectivity index (χ1v) is 19.5. The van der Waals surface area contributed by atoms with Gasteiger partial charge in [0, 0.05) is 21.9 Å². The van der Waals surface area contributed by atoms with Crippen LogP contribution in [0.25, 0.3) is 121 Å². The quantitative estimate of drug-likeness (QED) is 0.126. The largest absolute Gasteiger partial charge is 0.455 e. The third-order valence-corrected chi connectivity index (χ3v) is 11.6. The Morgan fingerprint density at radius 3 is 1.41 bits per heavy atom. The maximum absolute atomic E-state index is 9.00. The summed E-state index contributed by atoms with van der Waals surface area (Å²) in [6, 6.07) is 49.3. The Morgan fingerprint density at radius 1 is 0.288 bits per heavy atom. The van der Waals surface area contributed by atoms with Crippen molar-refractivity contribution in [2.45, 2.75) is 0 Å². The van der Waals surface area contributed by atoms with Crippen molar-refractivity contribution < 1.29 is 18.1 Å². The average Bonchev–Trinajstić information content (AvgIpc) is 3.78. The van der Waals surface area contributed by atoms with Crippen molar-refractivity contribution in [1.82, 2.24) is 0 Å². The summed E-state index contributed by atoms with van der Waals surface area (Å²) in [4.78, 5) is 0. The minimum atomic E-state index is -0.443. The van der Waals surface area contributed by atoms with E-state index in [0.717, 1.165) is 87.2 Å². The highest BCUT2D eigenvalue weighted by Crippen LogP contribution is 2.47. The van der Waals surface area contributed by atoms with Crippen LogP contribution in [0.4, 0.5) is 0 Å². The summed E-state index contributed by atoms with van der Waals surface area (Å²) in [6.45, 7) is 0. The fraction of sp³-hybridized carbons (Fsp3) is 0. The Hall–Kier alpha value is -7.74. The second kappa shape index (κ2) is 13.4. The van der Waals surface area contributed by atoms with E-state index >= 15 is 0 Å². The molecular formula is C58H36O. The Labute approximate surface area is 356 Å². The number of fused-ring (bicyclic) bond motifs is 8. The summed E-state index contributed by atoms with van der Waals surface area (Å²) in [5.41, 5.74) is 8.20. The van der Waals surface area contributed by atoms with Gasteiger partial charge in [0.05, 0.1) is 13.7 Å². The molecular weight excluding hydrogens is 713 g/mol. The van der Waals surface area contributed by atoms with Gasteiger partial charge in [0.15, 0.2) is 0 Å². The molecule has 0 aliphatic carbocycles. The third kappa shape index (κ3) is 5.33. The molecule has 1 heteroatoms. The number of furan rings is 1. The topological polar surface area (TPSA) is 13.1 Å². The molecule has 0 aliphatic heterocycles. The second-order valence-electron chi connectivity index (χ2n) is 14.8. The van der Waals surface area contributed by atoms with Gasteiger partial charge in [-0.15, -0.1) is 0 Å². The van der Waals surface area contributed by atoms with Gasteiger partial charge in [-0.25, -0.2) is 0 Å². The van der Waals surface area contributed by atoms with Crippen molar-refractivity contribution in [3.8, 4) is 55.6 Å². The van der Waals surface area contributed by atoms with Crippen molar-refractivity contribution in [3.63, 3.8) is 0 Å². The Morgan fingerprint density at radius 2 is 0.780 bits per heavy atom. The molecule has 0 fully saturated rings. The molecule has 12 rings (SSSR count). The van der Waals surface area contributed by atoms with E-state index in [-0.39, 0.29) is 47.4 Å². The normalized spacial score (nSPS) is 14.1. The maximum Gasteiger partial charge on any atom is 0.143 e. The molecule has 1 heterocycles. The highest BCUT2D eigenvalue weighted by atomic mass is 16.3. The highest BCUT2D eigenvalue weighted by molar-refractivity contribution is 6.26. The molecule has 0 N–H and O–H groups in total. The van der Waals surface area contributed by atoms with E-state index in [4.69, 9.17) is 18.1 Å². The number of para-hydroxylation sites is 2. The zero-order chi connectivity index (χ0) is 47.6. The van der Waals surface area contributed by atoms with Gasteiger partial charge in [-0.2, -0.15) is 0 Å². The molecule has 0 atom stereocenters. The van der Waals surface area contributed by atoms with E-state index in [9.17, 15) is 0 Å². The van der Waals surface area contributed by atoms with Crippen molar-refractivity contribution in [2.75, 3.05) is 0 Å². The predicted molar refractivity (Wildman–Crippen MR) is 251 cm³/mol. The maximum atomic E-state index is 9.00. The van der Waals surface area contributed by atoms with Crippen LogP contribution >= 0.6 is 0 Å². The summed E-state index contributed by atoms with van der Waals surface area (Å²) >= 11 is 0.